The Balaban J connectivity index is 2.18. The summed E-state index contributed by atoms with van der Waals surface area (Å²) in [5.41, 5.74) is 3.45. The van der Waals surface area contributed by atoms with Gasteiger partial charge in [-0.05, 0) is 50.1 Å². The van der Waals surface area contributed by atoms with E-state index in [0.717, 1.165) is 11.1 Å². The van der Waals surface area contributed by atoms with Gasteiger partial charge in [0, 0.05) is 11.3 Å². The maximum Gasteiger partial charge on any atom is 0.272 e. The molecule has 0 aliphatic rings. The van der Waals surface area contributed by atoms with Crippen molar-refractivity contribution < 1.29 is 9.59 Å². The van der Waals surface area contributed by atoms with E-state index in [4.69, 9.17) is 0 Å². The summed E-state index contributed by atoms with van der Waals surface area (Å²) in [6.45, 7) is 5.77. The van der Waals surface area contributed by atoms with E-state index in [0.29, 0.717) is 23.4 Å². The Labute approximate surface area is 142 Å². The largest absolute Gasteiger partial charge is 0.321 e. The molecule has 0 heterocycles. The van der Waals surface area contributed by atoms with Crippen molar-refractivity contribution in [1.82, 2.24) is 5.32 Å². The zero-order valence-corrected chi connectivity index (χ0v) is 14.2. The molecule has 2 N–H and O–H groups in total. The average molecular weight is 322 g/mol. The molecule has 2 aromatic rings. The van der Waals surface area contributed by atoms with Crippen molar-refractivity contribution in [1.29, 1.82) is 0 Å². The van der Waals surface area contributed by atoms with Crippen LogP contribution in [0.15, 0.2) is 65.9 Å². The minimum absolute atomic E-state index is 0.294. The third-order valence-corrected chi connectivity index (χ3v) is 3.77. The molecule has 0 aromatic heterocycles. The highest BCUT2D eigenvalue weighted by atomic mass is 16.2. The minimum Gasteiger partial charge on any atom is -0.321 e. The first-order valence-electron chi connectivity index (χ1n) is 7.95. The van der Waals surface area contributed by atoms with Crippen LogP contribution < -0.4 is 10.6 Å². The molecule has 0 bridgehead atoms. The molecule has 0 spiro atoms. The minimum atomic E-state index is -0.317. The molecule has 0 atom stereocenters. The van der Waals surface area contributed by atoms with Crippen LogP contribution in [0.5, 0.6) is 0 Å². The summed E-state index contributed by atoms with van der Waals surface area (Å²) in [5.74, 6) is -0.611. The third-order valence-electron chi connectivity index (χ3n) is 3.77. The van der Waals surface area contributed by atoms with Crippen LogP contribution >= 0.6 is 0 Å². The lowest BCUT2D eigenvalue weighted by atomic mass is 10.1. The molecule has 0 radical (unpaired) electrons. The van der Waals surface area contributed by atoms with Gasteiger partial charge >= 0.3 is 0 Å². The number of aryl methyl sites for hydroxylation is 1. The first kappa shape index (κ1) is 17.5. The number of anilines is 1. The zero-order chi connectivity index (χ0) is 17.5. The normalized spacial score (nSPS) is 11.5. The second-order valence-electron chi connectivity index (χ2n) is 5.65. The number of allylic oxidation sites excluding steroid dienone is 1. The van der Waals surface area contributed by atoms with Crippen molar-refractivity contribution in [2.45, 2.75) is 27.2 Å². The van der Waals surface area contributed by atoms with Crippen LogP contribution in [-0.4, -0.2) is 11.8 Å². The van der Waals surface area contributed by atoms with Crippen LogP contribution in [-0.2, 0) is 4.79 Å². The number of nitrogens with one attached hydrogen (secondary N) is 2. The first-order chi connectivity index (χ1) is 11.5. The van der Waals surface area contributed by atoms with Crippen LogP contribution in [0, 0.1) is 6.92 Å². The number of hydrogen-bond donors (Lipinski definition) is 2. The molecule has 2 rings (SSSR count). The van der Waals surface area contributed by atoms with E-state index in [2.05, 4.69) is 10.6 Å². The molecule has 0 aliphatic heterocycles. The molecule has 24 heavy (non-hydrogen) atoms. The van der Waals surface area contributed by atoms with Crippen molar-refractivity contribution in [3.63, 3.8) is 0 Å². The first-order valence-corrected chi connectivity index (χ1v) is 7.95. The number of carbonyl (C=O) groups excluding carboxylic acids is 2. The van der Waals surface area contributed by atoms with Gasteiger partial charge in [0.25, 0.3) is 11.8 Å². The molecular weight excluding hydrogens is 300 g/mol. The van der Waals surface area contributed by atoms with Crippen molar-refractivity contribution >= 4 is 17.5 Å². The Kier molecular flexibility index (Phi) is 5.90. The summed E-state index contributed by atoms with van der Waals surface area (Å²) in [7, 11) is 0. The highest BCUT2D eigenvalue weighted by molar-refractivity contribution is 6.08. The maximum atomic E-state index is 12.6. The van der Waals surface area contributed by atoms with Gasteiger partial charge in [0.05, 0.1) is 0 Å². The van der Waals surface area contributed by atoms with Crippen LogP contribution in [0.3, 0.4) is 0 Å². The molecule has 4 heteroatoms. The molecule has 0 unspecified atom stereocenters. The number of hydrogen-bond acceptors (Lipinski definition) is 2. The lowest BCUT2D eigenvalue weighted by Crippen LogP contribution is -2.32. The van der Waals surface area contributed by atoms with Crippen LogP contribution in [0.1, 0.15) is 36.2 Å². The monoisotopic (exact) mass is 322 g/mol. The van der Waals surface area contributed by atoms with E-state index in [1.807, 2.05) is 51.1 Å². The van der Waals surface area contributed by atoms with E-state index >= 15 is 0 Å². The van der Waals surface area contributed by atoms with Crippen molar-refractivity contribution in [3.05, 3.63) is 77.0 Å². The fraction of sp³-hybridized carbons (Fsp3) is 0.200. The molecule has 0 fully saturated rings. The van der Waals surface area contributed by atoms with Crippen LogP contribution in [0.4, 0.5) is 5.69 Å². The summed E-state index contributed by atoms with van der Waals surface area (Å²) < 4.78 is 0. The highest BCUT2D eigenvalue weighted by Gasteiger charge is 2.16. The maximum absolute atomic E-state index is 12.6. The Morgan fingerprint density at radius 1 is 0.958 bits per heavy atom. The molecule has 0 saturated carbocycles. The van der Waals surface area contributed by atoms with Gasteiger partial charge < -0.3 is 10.6 Å². The van der Waals surface area contributed by atoms with Gasteiger partial charge in [0.1, 0.15) is 5.70 Å². The number of carbonyl (C=O) groups is 2. The average Bonchev–Trinajstić information content (AvgIpc) is 2.61. The summed E-state index contributed by atoms with van der Waals surface area (Å²) in [4.78, 5) is 24.9. The van der Waals surface area contributed by atoms with E-state index in [1.165, 1.54) is 0 Å². The smallest absolute Gasteiger partial charge is 0.272 e. The zero-order valence-electron chi connectivity index (χ0n) is 14.2. The van der Waals surface area contributed by atoms with E-state index < -0.39 is 0 Å². The number of rotatable bonds is 5. The Bertz CT molecular complexity index is 747. The van der Waals surface area contributed by atoms with Gasteiger partial charge in [-0.3, -0.25) is 9.59 Å². The Hall–Kier alpha value is -2.88. The molecule has 2 amide bonds. The van der Waals surface area contributed by atoms with Gasteiger partial charge in [-0.15, -0.1) is 0 Å². The predicted octanol–water partition coefficient (Wildman–Crippen LogP) is 4.05. The lowest BCUT2D eigenvalue weighted by molar-refractivity contribution is -0.113. The topological polar surface area (TPSA) is 58.2 Å². The molecule has 124 valence electrons. The fourth-order valence-corrected chi connectivity index (χ4v) is 2.14. The summed E-state index contributed by atoms with van der Waals surface area (Å²) in [6.07, 6.45) is 0.672. The lowest BCUT2D eigenvalue weighted by Gasteiger charge is -2.14. The van der Waals surface area contributed by atoms with Crippen molar-refractivity contribution in [3.8, 4) is 0 Å². The third kappa shape index (κ3) is 4.56. The van der Waals surface area contributed by atoms with Crippen LogP contribution in [0.25, 0.3) is 0 Å². The molecule has 0 aliphatic carbocycles. The molecule has 2 aromatic carbocycles. The predicted molar refractivity (Wildman–Crippen MR) is 96.7 cm³/mol. The highest BCUT2D eigenvalue weighted by Crippen LogP contribution is 2.13. The van der Waals surface area contributed by atoms with Gasteiger partial charge in [-0.1, -0.05) is 42.8 Å². The second-order valence-corrected chi connectivity index (χ2v) is 5.65. The van der Waals surface area contributed by atoms with Crippen molar-refractivity contribution in [2.75, 3.05) is 5.32 Å². The molecular formula is C20H22N2O2. The standard InChI is InChI=1S/C20H22N2O2/c1-4-15(3)18(22-19(23)16-8-6-5-7-9-16)20(24)21-17-12-10-14(2)11-13-17/h5-13H,4H2,1-3H3,(H,21,24)(H,22,23)/b18-15+. The molecule has 4 nitrogen and oxygen atoms in total. The van der Waals surface area contributed by atoms with E-state index in [-0.39, 0.29) is 11.8 Å². The SMILES string of the molecule is CC/C(C)=C(/NC(=O)c1ccccc1)C(=O)Nc1ccc(C)cc1. The quantitative estimate of drug-likeness (QED) is 0.816. The summed E-state index contributed by atoms with van der Waals surface area (Å²) in [6, 6.07) is 16.4. The molecule has 0 saturated heterocycles. The summed E-state index contributed by atoms with van der Waals surface area (Å²) >= 11 is 0. The fourth-order valence-electron chi connectivity index (χ4n) is 2.14. The summed E-state index contributed by atoms with van der Waals surface area (Å²) in [5, 5.41) is 5.57. The van der Waals surface area contributed by atoms with Gasteiger partial charge in [0.2, 0.25) is 0 Å². The number of benzene rings is 2. The van der Waals surface area contributed by atoms with E-state index in [9.17, 15) is 9.59 Å². The van der Waals surface area contributed by atoms with Crippen LogP contribution in [0.2, 0.25) is 0 Å². The van der Waals surface area contributed by atoms with Gasteiger partial charge in [0.15, 0.2) is 0 Å². The number of amides is 2. The van der Waals surface area contributed by atoms with Gasteiger partial charge in [-0.25, -0.2) is 0 Å². The van der Waals surface area contributed by atoms with Gasteiger partial charge in [-0.2, -0.15) is 0 Å². The Morgan fingerprint density at radius 2 is 1.58 bits per heavy atom. The second kappa shape index (κ2) is 8.11. The van der Waals surface area contributed by atoms with Crippen molar-refractivity contribution in [2.24, 2.45) is 0 Å². The van der Waals surface area contributed by atoms with E-state index in [1.54, 1.807) is 24.3 Å². The Morgan fingerprint density at radius 3 is 2.17 bits per heavy atom.